The molecule has 18 nitrogen and oxygen atoms in total. The number of hydrogen-bond donors (Lipinski definition) is 5. The molecule has 4 heterocycles. The zero-order valence-electron chi connectivity index (χ0n) is 39.7. The SMILES string of the molecule is CC[C@H]1OC(=O)C[C@@H](O)[C@H](C)[C@@H](O[C@@H]2O[C@H](C)[C@@H](O[C@H]3C[C@@](C)(O)[C@@H](O)[C@H](C)O3)[C@H](N(C)C)[C@H]2O)[C@@H](CC=O)C[C@@H](C)C(=O)C=CC(C)=CC1CO[C@@H]1O[C@H](C)[C@@H](O)[C@@H](OC)[C@H]1OC. The van der Waals surface area contributed by atoms with E-state index in [1.165, 1.54) is 27.2 Å². The monoisotopic (exact) mass is 916 g/mol. The van der Waals surface area contributed by atoms with Crippen LogP contribution in [0.4, 0.5) is 0 Å². The third-order valence-electron chi connectivity index (χ3n) is 13.4. The Kier molecular flexibility index (Phi) is 20.5. The molecule has 4 rings (SSSR count). The number of allylic oxidation sites excluding steroid dienone is 3. The maximum atomic E-state index is 13.8. The van der Waals surface area contributed by atoms with Gasteiger partial charge in [-0.1, -0.05) is 38.5 Å². The highest BCUT2D eigenvalue weighted by molar-refractivity contribution is 5.91. The Balaban J connectivity index is 1.62. The first-order chi connectivity index (χ1) is 30.1. The average Bonchev–Trinajstić information content (AvgIpc) is 3.23. The molecular formula is C46H77NO17. The standard InChI is InChI=1S/C46H77NO17/c1-13-33-30(22-58-45-42(57-12)41(56-11)37(52)26(5)60-45)18-23(2)14-15-31(49)24(3)19-29(16-17-48)39(25(4)32(50)20-34(51)62-33)64-44-38(53)36(47(9)10)40(27(6)61-44)63-35-21-46(8,55)43(54)28(7)59-35/h14-15,17-18,24-30,32-33,35-45,50,52-55H,13,16,19-22H2,1-12H3/t24-,25+,26-,27-,28+,29+,30?,32-,33-,35+,36-,37-,38-,39-,40-,41-,42-,43+,44+,45-,46-/m1/s1. The number of methoxy groups -OCH3 is 2. The first-order valence-electron chi connectivity index (χ1n) is 22.7. The molecule has 3 fully saturated rings. The number of carbonyl (C=O) groups excluding carboxylic acids is 3. The van der Waals surface area contributed by atoms with Crippen LogP contribution in [-0.2, 0) is 57.0 Å². The summed E-state index contributed by atoms with van der Waals surface area (Å²) >= 11 is 0. The smallest absolute Gasteiger partial charge is 0.308 e. The highest BCUT2D eigenvalue weighted by Crippen LogP contribution is 2.37. The molecule has 0 aromatic rings. The number of likely N-dealkylation sites (N-methyl/N-ethyl adjacent to an activating group) is 1. The number of carbonyl (C=O) groups is 3. The van der Waals surface area contributed by atoms with E-state index in [-0.39, 0.29) is 31.7 Å². The highest BCUT2D eigenvalue weighted by atomic mass is 16.7. The predicted molar refractivity (Wildman–Crippen MR) is 230 cm³/mol. The molecule has 0 radical (unpaired) electrons. The normalized spacial score (nSPS) is 44.6. The number of ether oxygens (including phenoxy) is 9. The zero-order chi connectivity index (χ0) is 47.8. The van der Waals surface area contributed by atoms with Crippen LogP contribution in [0, 0.1) is 23.7 Å². The van der Waals surface area contributed by atoms with Gasteiger partial charge in [0.1, 0.15) is 49.0 Å². The van der Waals surface area contributed by atoms with Crippen molar-refractivity contribution in [1.29, 1.82) is 0 Å². The van der Waals surface area contributed by atoms with E-state index in [0.29, 0.717) is 12.0 Å². The summed E-state index contributed by atoms with van der Waals surface area (Å²) in [5.41, 5.74) is -0.806. The summed E-state index contributed by atoms with van der Waals surface area (Å²) in [6.45, 7) is 13.6. The van der Waals surface area contributed by atoms with Crippen LogP contribution in [0.2, 0.25) is 0 Å². The lowest BCUT2D eigenvalue weighted by Crippen LogP contribution is -2.65. The van der Waals surface area contributed by atoms with Crippen LogP contribution < -0.4 is 0 Å². The number of ketones is 1. The first kappa shape index (κ1) is 54.3. The van der Waals surface area contributed by atoms with Gasteiger partial charge >= 0.3 is 5.97 Å². The number of esters is 1. The van der Waals surface area contributed by atoms with E-state index in [1.807, 2.05) is 19.9 Å². The highest BCUT2D eigenvalue weighted by Gasteiger charge is 2.52. The van der Waals surface area contributed by atoms with Gasteiger partial charge in [-0.2, -0.15) is 0 Å². The number of hydrogen-bond acceptors (Lipinski definition) is 18. The van der Waals surface area contributed by atoms with Crippen LogP contribution in [-0.4, -0.2) is 187 Å². The molecule has 64 heavy (non-hydrogen) atoms. The molecule has 4 aliphatic heterocycles. The number of aliphatic hydroxyl groups is 5. The van der Waals surface area contributed by atoms with E-state index >= 15 is 0 Å². The molecule has 0 bridgehead atoms. The number of nitrogens with zero attached hydrogens (tertiary/aromatic N) is 1. The maximum Gasteiger partial charge on any atom is 0.308 e. The summed E-state index contributed by atoms with van der Waals surface area (Å²) in [4.78, 5) is 41.5. The molecule has 21 atom stereocenters. The number of aldehydes is 1. The van der Waals surface area contributed by atoms with E-state index in [0.717, 1.165) is 6.29 Å². The molecule has 5 N–H and O–H groups in total. The predicted octanol–water partition coefficient (Wildman–Crippen LogP) is 1.83. The van der Waals surface area contributed by atoms with E-state index < -0.39 is 140 Å². The average molecular weight is 916 g/mol. The van der Waals surface area contributed by atoms with Gasteiger partial charge in [-0.15, -0.1) is 0 Å². The fourth-order valence-electron chi connectivity index (χ4n) is 9.51. The van der Waals surface area contributed by atoms with Gasteiger partial charge in [0.2, 0.25) is 0 Å². The Morgan fingerprint density at radius 1 is 0.859 bits per heavy atom. The van der Waals surface area contributed by atoms with Crippen molar-refractivity contribution < 1.29 is 82.5 Å². The van der Waals surface area contributed by atoms with Crippen LogP contribution in [0.25, 0.3) is 0 Å². The van der Waals surface area contributed by atoms with Gasteiger partial charge in [0, 0.05) is 44.8 Å². The van der Waals surface area contributed by atoms with Crippen molar-refractivity contribution >= 4 is 18.0 Å². The minimum atomic E-state index is -1.49. The summed E-state index contributed by atoms with van der Waals surface area (Å²) in [5, 5.41) is 55.8. The second-order valence-corrected chi connectivity index (χ2v) is 18.7. The molecule has 0 saturated carbocycles. The third-order valence-corrected chi connectivity index (χ3v) is 13.4. The summed E-state index contributed by atoms with van der Waals surface area (Å²) in [5.74, 6) is -3.59. The van der Waals surface area contributed by atoms with Crippen LogP contribution >= 0.6 is 0 Å². The van der Waals surface area contributed by atoms with E-state index in [9.17, 15) is 39.9 Å². The Morgan fingerprint density at radius 2 is 1.52 bits per heavy atom. The van der Waals surface area contributed by atoms with Crippen LogP contribution in [0.5, 0.6) is 0 Å². The largest absolute Gasteiger partial charge is 0.462 e. The van der Waals surface area contributed by atoms with E-state index in [1.54, 1.807) is 59.7 Å². The van der Waals surface area contributed by atoms with Crippen molar-refractivity contribution in [2.45, 2.75) is 191 Å². The molecule has 3 saturated heterocycles. The fourth-order valence-corrected chi connectivity index (χ4v) is 9.51. The first-order valence-corrected chi connectivity index (χ1v) is 22.7. The van der Waals surface area contributed by atoms with Crippen LogP contribution in [0.15, 0.2) is 23.8 Å². The Bertz CT molecular complexity index is 1560. The molecule has 18 heteroatoms. The summed E-state index contributed by atoms with van der Waals surface area (Å²) < 4.78 is 54.7. The van der Waals surface area contributed by atoms with Gasteiger partial charge in [0.15, 0.2) is 24.7 Å². The van der Waals surface area contributed by atoms with Crippen LogP contribution in [0.1, 0.15) is 87.5 Å². The van der Waals surface area contributed by atoms with Gasteiger partial charge in [-0.05, 0) is 73.5 Å². The Hall–Kier alpha value is -2.27. The summed E-state index contributed by atoms with van der Waals surface area (Å²) in [7, 11) is 6.43. The fraction of sp³-hybridized carbons (Fsp3) is 0.848. The molecule has 368 valence electrons. The topological polar surface area (TPSA) is 239 Å². The van der Waals surface area contributed by atoms with Crippen molar-refractivity contribution in [3.8, 4) is 0 Å². The third kappa shape index (κ3) is 13.5. The van der Waals surface area contributed by atoms with Gasteiger partial charge in [0.25, 0.3) is 0 Å². The summed E-state index contributed by atoms with van der Waals surface area (Å²) in [6.07, 6.45) is -8.49. The van der Waals surface area contributed by atoms with E-state index in [2.05, 4.69) is 0 Å². The van der Waals surface area contributed by atoms with Crippen molar-refractivity contribution in [1.82, 2.24) is 4.90 Å². The maximum absolute atomic E-state index is 13.8. The van der Waals surface area contributed by atoms with Gasteiger partial charge in [0.05, 0.1) is 55.2 Å². The van der Waals surface area contributed by atoms with Crippen LogP contribution in [0.3, 0.4) is 0 Å². The molecule has 0 aromatic carbocycles. The Labute approximate surface area is 378 Å². The molecular weight excluding hydrogens is 838 g/mol. The second-order valence-electron chi connectivity index (χ2n) is 18.7. The lowest BCUT2D eigenvalue weighted by Gasteiger charge is -2.50. The molecule has 0 aromatic heterocycles. The minimum Gasteiger partial charge on any atom is -0.462 e. The molecule has 0 amide bonds. The molecule has 0 spiro atoms. The lowest BCUT2D eigenvalue weighted by molar-refractivity contribution is -0.341. The van der Waals surface area contributed by atoms with Gasteiger partial charge in [-0.3, -0.25) is 9.59 Å². The van der Waals surface area contributed by atoms with Crippen molar-refractivity contribution in [3.05, 3.63) is 23.8 Å². The quantitative estimate of drug-likeness (QED) is 0.131. The lowest BCUT2D eigenvalue weighted by atomic mass is 9.79. The Morgan fingerprint density at radius 3 is 2.11 bits per heavy atom. The zero-order valence-corrected chi connectivity index (χ0v) is 39.7. The molecule has 1 unspecified atom stereocenters. The number of aliphatic hydroxyl groups excluding tert-OH is 4. The van der Waals surface area contributed by atoms with Gasteiger partial charge in [-0.25, -0.2) is 0 Å². The minimum absolute atomic E-state index is 0.00788. The van der Waals surface area contributed by atoms with Crippen molar-refractivity contribution in [2.24, 2.45) is 23.7 Å². The molecule has 4 aliphatic rings. The van der Waals surface area contributed by atoms with E-state index in [4.69, 9.17) is 42.6 Å². The number of rotatable bonds is 13. The summed E-state index contributed by atoms with van der Waals surface area (Å²) in [6, 6.07) is -0.748. The van der Waals surface area contributed by atoms with Crippen molar-refractivity contribution in [3.63, 3.8) is 0 Å². The second kappa shape index (κ2) is 24.1. The van der Waals surface area contributed by atoms with Gasteiger partial charge < -0.3 is 77.9 Å². The molecule has 0 aliphatic carbocycles. The number of cyclic esters (lactones) is 1. The van der Waals surface area contributed by atoms with Crippen molar-refractivity contribution in [2.75, 3.05) is 34.9 Å².